The van der Waals surface area contributed by atoms with Crippen molar-refractivity contribution in [3.05, 3.63) is 65.2 Å². The second kappa shape index (κ2) is 8.74. The fourth-order valence-corrected chi connectivity index (χ4v) is 2.25. The van der Waals surface area contributed by atoms with Crippen molar-refractivity contribution in [2.75, 3.05) is 6.54 Å². The summed E-state index contributed by atoms with van der Waals surface area (Å²) in [6, 6.07) is 10.8. The molecule has 2 aromatic carbocycles. The zero-order chi connectivity index (χ0) is 20.0. The van der Waals surface area contributed by atoms with Crippen LogP contribution in [0.4, 0.5) is 18.0 Å². The van der Waals surface area contributed by atoms with Crippen molar-refractivity contribution >= 4 is 6.09 Å². The van der Waals surface area contributed by atoms with E-state index in [0.29, 0.717) is 12.1 Å². The minimum absolute atomic E-state index is 0.0141. The number of nitrogens with one attached hydrogen (secondary N) is 1. The smallest absolute Gasteiger partial charge is 0.416 e. The lowest BCUT2D eigenvalue weighted by Crippen LogP contribution is -2.35. The van der Waals surface area contributed by atoms with Crippen molar-refractivity contribution in [3.8, 4) is 5.75 Å². The number of aromatic hydroxyl groups is 1. The maximum Gasteiger partial charge on any atom is 0.416 e. The molecular weight excluding hydrogens is 367 g/mol. The summed E-state index contributed by atoms with van der Waals surface area (Å²) in [7, 11) is 0. The van der Waals surface area contributed by atoms with Crippen molar-refractivity contribution in [1.82, 2.24) is 5.32 Å². The second-order valence-electron chi connectivity index (χ2n) is 5.73. The molecule has 0 spiro atoms. The van der Waals surface area contributed by atoms with Crippen molar-refractivity contribution in [3.63, 3.8) is 0 Å². The number of phenolic OH excluding ortho intramolecular Hbond substituents is 1. The topological polar surface area (TPSA) is 99.0 Å². The third-order valence-corrected chi connectivity index (χ3v) is 3.71. The number of benzene rings is 2. The van der Waals surface area contributed by atoms with E-state index in [1.54, 1.807) is 30.3 Å². The molecule has 0 aliphatic carbocycles. The molecule has 0 fully saturated rings. The quantitative estimate of drug-likeness (QED) is 0.613. The highest BCUT2D eigenvalue weighted by Gasteiger charge is 2.32. The number of carbonyl (C=O) groups is 1. The third kappa shape index (κ3) is 5.87. The number of halogens is 3. The Balaban J connectivity index is 1.91. The first-order valence-corrected chi connectivity index (χ1v) is 7.89. The number of carbonyl (C=O) groups excluding carboxylic acids is 1. The van der Waals surface area contributed by atoms with Crippen LogP contribution in [0.15, 0.2) is 48.5 Å². The van der Waals surface area contributed by atoms with Gasteiger partial charge in [0.15, 0.2) is 0 Å². The number of hydrogen-bond acceptors (Lipinski definition) is 5. The first-order valence-electron chi connectivity index (χ1n) is 7.89. The molecule has 6 nitrogen and oxygen atoms in total. The van der Waals surface area contributed by atoms with Crippen LogP contribution in [0.3, 0.4) is 0 Å². The van der Waals surface area contributed by atoms with Crippen LogP contribution in [0.25, 0.3) is 0 Å². The van der Waals surface area contributed by atoms with Gasteiger partial charge in [0.05, 0.1) is 5.56 Å². The van der Waals surface area contributed by atoms with Crippen LogP contribution in [0.2, 0.25) is 0 Å². The summed E-state index contributed by atoms with van der Waals surface area (Å²) in [5.41, 5.74) is -0.851. The molecule has 0 aliphatic rings. The van der Waals surface area contributed by atoms with Crippen LogP contribution in [-0.4, -0.2) is 34.1 Å². The average Bonchev–Trinajstić information content (AvgIpc) is 2.64. The van der Waals surface area contributed by atoms with E-state index >= 15 is 0 Å². The van der Waals surface area contributed by atoms with Gasteiger partial charge in [-0.2, -0.15) is 13.2 Å². The van der Waals surface area contributed by atoms with Gasteiger partial charge in [0.2, 0.25) is 0 Å². The molecule has 0 saturated carbocycles. The lowest BCUT2D eigenvalue weighted by molar-refractivity contribution is -0.137. The lowest BCUT2D eigenvalue weighted by atomic mass is 10.0. The van der Waals surface area contributed by atoms with Gasteiger partial charge >= 0.3 is 12.3 Å². The summed E-state index contributed by atoms with van der Waals surface area (Å²) in [4.78, 5) is 11.6. The Hall–Kier alpha value is -2.78. The van der Waals surface area contributed by atoms with Gasteiger partial charge in [-0.1, -0.05) is 30.3 Å². The standard InChI is InChI=1S/C18H18F3NO5/c19-18(20,21)12-6-7-14(23)13(8-12)16(25)15(24)9-22-17(26)27-10-11-4-2-1-3-5-11/h1-8,15-16,23-25H,9-10H2,(H,22,26). The highest BCUT2D eigenvalue weighted by atomic mass is 19.4. The molecule has 2 atom stereocenters. The highest BCUT2D eigenvalue weighted by Crippen LogP contribution is 2.35. The molecule has 4 N–H and O–H groups in total. The monoisotopic (exact) mass is 385 g/mol. The van der Waals surface area contributed by atoms with Gasteiger partial charge in [0, 0.05) is 12.1 Å². The fraction of sp³-hybridized carbons (Fsp3) is 0.278. The Labute approximate surface area is 152 Å². The van der Waals surface area contributed by atoms with E-state index in [-0.39, 0.29) is 6.61 Å². The summed E-state index contributed by atoms with van der Waals surface area (Å²) in [5, 5.41) is 31.8. The Morgan fingerprint density at radius 3 is 2.41 bits per heavy atom. The van der Waals surface area contributed by atoms with Crippen LogP contribution >= 0.6 is 0 Å². The molecule has 0 heterocycles. The molecule has 2 unspecified atom stereocenters. The molecule has 146 valence electrons. The van der Waals surface area contributed by atoms with E-state index in [0.717, 1.165) is 11.6 Å². The Morgan fingerprint density at radius 2 is 1.78 bits per heavy atom. The molecule has 0 saturated heterocycles. The molecule has 0 aliphatic heterocycles. The SMILES string of the molecule is O=C(NCC(O)C(O)c1cc(C(F)(F)F)ccc1O)OCc1ccccc1. The molecule has 9 heteroatoms. The number of aliphatic hydroxyl groups excluding tert-OH is 2. The average molecular weight is 385 g/mol. The lowest BCUT2D eigenvalue weighted by Gasteiger charge is -2.20. The Bertz CT molecular complexity index is 767. The number of hydrogen-bond donors (Lipinski definition) is 4. The first kappa shape index (κ1) is 20.5. The minimum atomic E-state index is -4.67. The van der Waals surface area contributed by atoms with Crippen LogP contribution < -0.4 is 5.32 Å². The van der Waals surface area contributed by atoms with E-state index in [9.17, 15) is 33.3 Å². The number of amides is 1. The van der Waals surface area contributed by atoms with E-state index in [4.69, 9.17) is 4.74 Å². The Morgan fingerprint density at radius 1 is 1.11 bits per heavy atom. The number of alkyl carbamates (subject to hydrolysis) is 1. The molecule has 0 bridgehead atoms. The molecule has 0 radical (unpaired) electrons. The normalized spacial score (nSPS) is 13.7. The van der Waals surface area contributed by atoms with Crippen LogP contribution in [-0.2, 0) is 17.5 Å². The van der Waals surface area contributed by atoms with Crippen LogP contribution in [0.5, 0.6) is 5.75 Å². The van der Waals surface area contributed by atoms with E-state index < -0.39 is 47.9 Å². The largest absolute Gasteiger partial charge is 0.508 e. The molecular formula is C18H18F3NO5. The first-order chi connectivity index (χ1) is 12.7. The zero-order valence-electron chi connectivity index (χ0n) is 14.0. The van der Waals surface area contributed by atoms with Gasteiger partial charge in [-0.3, -0.25) is 0 Å². The number of ether oxygens (including phenoxy) is 1. The summed E-state index contributed by atoms with van der Waals surface area (Å²) in [6.45, 7) is -0.510. The van der Waals surface area contributed by atoms with Crippen molar-refractivity contribution in [1.29, 1.82) is 0 Å². The maximum atomic E-state index is 12.7. The summed E-state index contributed by atoms with van der Waals surface area (Å²) in [6.07, 6.45) is -9.06. The third-order valence-electron chi connectivity index (χ3n) is 3.71. The van der Waals surface area contributed by atoms with Gasteiger partial charge in [0.1, 0.15) is 24.6 Å². The number of rotatable bonds is 6. The van der Waals surface area contributed by atoms with Crippen LogP contribution in [0, 0.1) is 0 Å². The number of alkyl halides is 3. The maximum absolute atomic E-state index is 12.7. The predicted molar refractivity (Wildman–Crippen MR) is 88.7 cm³/mol. The molecule has 27 heavy (non-hydrogen) atoms. The highest BCUT2D eigenvalue weighted by molar-refractivity contribution is 5.67. The summed E-state index contributed by atoms with van der Waals surface area (Å²) in [5.74, 6) is -0.610. The predicted octanol–water partition coefficient (Wildman–Crippen LogP) is 2.73. The molecule has 2 rings (SSSR count). The minimum Gasteiger partial charge on any atom is -0.508 e. The van der Waals surface area contributed by atoms with Crippen molar-refractivity contribution in [2.24, 2.45) is 0 Å². The fourth-order valence-electron chi connectivity index (χ4n) is 2.25. The molecule has 2 aromatic rings. The van der Waals surface area contributed by atoms with Crippen molar-refractivity contribution in [2.45, 2.75) is 25.0 Å². The van der Waals surface area contributed by atoms with Gasteiger partial charge in [-0.25, -0.2) is 4.79 Å². The number of aliphatic hydroxyl groups is 2. The van der Waals surface area contributed by atoms with Crippen molar-refractivity contribution < 1.29 is 38.0 Å². The number of phenols is 1. The summed E-state index contributed by atoms with van der Waals surface area (Å²) < 4.78 is 43.1. The molecule has 1 amide bonds. The van der Waals surface area contributed by atoms with Gasteiger partial charge in [-0.15, -0.1) is 0 Å². The Kier molecular flexibility index (Phi) is 6.65. The van der Waals surface area contributed by atoms with Gasteiger partial charge < -0.3 is 25.4 Å². The van der Waals surface area contributed by atoms with E-state index in [1.807, 2.05) is 0 Å². The van der Waals surface area contributed by atoms with Gasteiger partial charge in [-0.05, 0) is 23.8 Å². The summed E-state index contributed by atoms with van der Waals surface area (Å²) >= 11 is 0. The van der Waals surface area contributed by atoms with Gasteiger partial charge in [0.25, 0.3) is 0 Å². The second-order valence-corrected chi connectivity index (χ2v) is 5.73. The van der Waals surface area contributed by atoms with E-state index in [2.05, 4.69) is 5.32 Å². The van der Waals surface area contributed by atoms with E-state index in [1.165, 1.54) is 0 Å². The molecule has 0 aromatic heterocycles. The zero-order valence-corrected chi connectivity index (χ0v) is 14.0. The van der Waals surface area contributed by atoms with Crippen LogP contribution in [0.1, 0.15) is 22.8 Å².